The molecule has 80 heavy (non-hydrogen) atoms. The monoisotopic (exact) mass is 1080 g/mol. The van der Waals surface area contributed by atoms with Crippen molar-refractivity contribution in [1.29, 1.82) is 0 Å². The second-order valence-corrected chi connectivity index (χ2v) is 19.2. The highest BCUT2D eigenvalue weighted by Crippen LogP contribution is 2.66. The van der Waals surface area contributed by atoms with E-state index in [0.29, 0.717) is 34.0 Å². The molecule has 1 aromatic heterocycles. The molecule has 4 aliphatic rings. The average Bonchev–Trinajstić information content (AvgIpc) is 4.15. The lowest BCUT2D eigenvalue weighted by molar-refractivity contribution is -0.384. The number of fused-ring (bicyclic) bond motifs is 3. The number of aliphatic hydroxyl groups excluding tert-OH is 1. The van der Waals surface area contributed by atoms with Crippen molar-refractivity contribution in [2.45, 2.75) is 42.7 Å². The fraction of sp³-hybridized carbons (Fsp3) is 0.288. The van der Waals surface area contributed by atoms with E-state index in [2.05, 4.69) is 21.8 Å². The molecule has 5 heterocycles. The van der Waals surface area contributed by atoms with Crippen LogP contribution in [-0.4, -0.2) is 125 Å². The third-order valence-corrected chi connectivity index (χ3v) is 14.9. The molecule has 1 spiro atoms. The summed E-state index contributed by atoms with van der Waals surface area (Å²) in [6.07, 6.45) is 0.712. The maximum atomic E-state index is 16.8. The van der Waals surface area contributed by atoms with Gasteiger partial charge in [-0.1, -0.05) is 84.6 Å². The first kappa shape index (κ1) is 53.9. The summed E-state index contributed by atoms with van der Waals surface area (Å²) in [6, 6.07) is 33.0. The van der Waals surface area contributed by atoms with Crippen LogP contribution in [-0.2, 0) is 54.9 Å². The third-order valence-electron chi connectivity index (χ3n) is 14.9. The largest absolute Gasteiger partial charge is 0.491 e. The van der Waals surface area contributed by atoms with E-state index in [9.17, 15) is 24.8 Å². The van der Waals surface area contributed by atoms with Crippen molar-refractivity contribution in [3.63, 3.8) is 0 Å². The number of nitro groups is 1. The van der Waals surface area contributed by atoms with Crippen molar-refractivity contribution in [2.75, 3.05) is 63.4 Å². The maximum absolute atomic E-state index is 16.8. The first-order valence-electron chi connectivity index (χ1n) is 25.6. The number of esters is 3. The van der Waals surface area contributed by atoms with Crippen LogP contribution >= 0.6 is 0 Å². The predicted molar refractivity (Wildman–Crippen MR) is 284 cm³/mol. The molecule has 21 heteroatoms. The smallest absolute Gasteiger partial charge is 0.421 e. The molecule has 5 aromatic carbocycles. The summed E-state index contributed by atoms with van der Waals surface area (Å²) in [5.41, 5.74) is -0.0106. The van der Waals surface area contributed by atoms with Gasteiger partial charge in [0.25, 0.3) is 5.69 Å². The van der Waals surface area contributed by atoms with Crippen LogP contribution in [0.5, 0.6) is 5.75 Å². The minimum Gasteiger partial charge on any atom is -0.491 e. The van der Waals surface area contributed by atoms with E-state index in [4.69, 9.17) is 23.7 Å². The summed E-state index contributed by atoms with van der Waals surface area (Å²) in [5.74, 6) is -0.438. The van der Waals surface area contributed by atoms with Gasteiger partial charge in [-0.2, -0.15) is 0 Å². The first-order chi connectivity index (χ1) is 38.9. The number of cyclic esters (lactones) is 1. The van der Waals surface area contributed by atoms with Crippen molar-refractivity contribution in [1.82, 2.24) is 19.8 Å². The maximum Gasteiger partial charge on any atom is 0.421 e. The Kier molecular flexibility index (Phi) is 15.6. The molecule has 1 N–H and O–H groups in total. The number of amides is 3. The predicted octanol–water partition coefficient (Wildman–Crippen LogP) is 5.81. The number of morpholine rings is 1. The van der Waals surface area contributed by atoms with Gasteiger partial charge in [0.05, 0.1) is 49.4 Å². The molecule has 6 atom stereocenters. The van der Waals surface area contributed by atoms with Crippen LogP contribution < -0.4 is 14.5 Å². The Morgan fingerprint density at radius 1 is 0.800 bits per heavy atom. The third kappa shape index (κ3) is 10.0. The minimum absolute atomic E-state index is 0.00271. The second-order valence-electron chi connectivity index (χ2n) is 19.2. The zero-order chi connectivity index (χ0) is 56.1. The number of rotatable bonds is 14. The van der Waals surface area contributed by atoms with Crippen LogP contribution in [0, 0.1) is 33.8 Å². The van der Waals surface area contributed by atoms with Crippen molar-refractivity contribution in [2.24, 2.45) is 11.8 Å². The molecule has 0 saturated carbocycles. The van der Waals surface area contributed by atoms with Crippen molar-refractivity contribution in [3.05, 3.63) is 189 Å². The standard InChI is InChI=1S/C59H53N7O14/c1-76-53(69)44(54(70)77-2)16-9-11-37-19-26-46-45(35-37)59(56(72)64(46)58(73)79-36-38-17-22-42(23-18-38)66(74)75)47(52(68)62-29-31-63(32-30-62)57-60-27-10-28-61-57)49-55(71)80-50(40-14-7-4-8-15-40)48(39-12-5-3-6-13-39)65(49)51(59)41-20-24-43(25-21-41)78-34-33-67/h3-8,10,12-15,17-28,35,44,47-51,67H,16,29-34,36H2,1-2H3/t47-,48-,49-,50+,51+,59-/m0/s1. The van der Waals surface area contributed by atoms with Crippen molar-refractivity contribution in [3.8, 4) is 17.6 Å². The number of ether oxygens (including phenoxy) is 5. The SMILES string of the molecule is COC(=O)C(CC#Cc1ccc2c(c1)[C@]1(C(=O)N2C(=O)OCc2ccc([N+](=O)[O-])cc2)[C@H](C(=O)N2CCN(c3ncccn3)CC2)[C@H]2C(=O)O[C@H](c3ccccc3)[C@H](c3ccccc3)N2[C@@H]1c1ccc(OCCO)cc1)C(=O)OC. The normalized spacial score (nSPS) is 21.2. The van der Waals surface area contributed by atoms with E-state index >= 15 is 19.2 Å². The molecule has 0 bridgehead atoms. The Morgan fingerprint density at radius 3 is 2.08 bits per heavy atom. The summed E-state index contributed by atoms with van der Waals surface area (Å²) < 4.78 is 28.1. The fourth-order valence-electron chi connectivity index (χ4n) is 11.4. The summed E-state index contributed by atoms with van der Waals surface area (Å²) in [7, 11) is 2.25. The van der Waals surface area contributed by atoms with Crippen LogP contribution in [0.15, 0.2) is 146 Å². The summed E-state index contributed by atoms with van der Waals surface area (Å²) in [5, 5.41) is 21.2. The van der Waals surface area contributed by atoms with Gasteiger partial charge < -0.3 is 38.6 Å². The Bertz CT molecular complexity index is 3360. The first-order valence-corrected chi connectivity index (χ1v) is 25.6. The Labute approximate surface area is 458 Å². The van der Waals surface area contributed by atoms with Crippen LogP contribution in [0.4, 0.5) is 22.1 Å². The Balaban J connectivity index is 1.21. The lowest BCUT2D eigenvalue weighted by Crippen LogP contribution is -2.59. The second kappa shape index (κ2) is 23.2. The number of nitrogens with zero attached hydrogens (tertiary/aromatic N) is 7. The zero-order valence-corrected chi connectivity index (χ0v) is 43.4. The quantitative estimate of drug-likeness (QED) is 0.0337. The minimum atomic E-state index is -2.23. The fourth-order valence-corrected chi connectivity index (χ4v) is 11.4. The van der Waals surface area contributed by atoms with Crippen LogP contribution in [0.1, 0.15) is 58.0 Å². The number of hydrogen-bond acceptors (Lipinski definition) is 18. The van der Waals surface area contributed by atoms with Crippen LogP contribution in [0.25, 0.3) is 0 Å². The Hall–Kier alpha value is -9.52. The van der Waals surface area contributed by atoms with E-state index in [-0.39, 0.29) is 68.3 Å². The van der Waals surface area contributed by atoms with Gasteiger partial charge in [-0.3, -0.25) is 39.0 Å². The topological polar surface area (TPSA) is 251 Å². The van der Waals surface area contributed by atoms with E-state index in [1.54, 1.807) is 53.7 Å². The molecule has 3 saturated heterocycles. The molecular formula is C59H53N7O14. The Morgan fingerprint density at radius 2 is 1.45 bits per heavy atom. The number of hydrogen-bond donors (Lipinski definition) is 1. The summed E-state index contributed by atoms with van der Waals surface area (Å²) >= 11 is 0. The highest BCUT2D eigenvalue weighted by Gasteiger charge is 2.76. The van der Waals surface area contributed by atoms with E-state index in [0.717, 1.165) is 19.1 Å². The molecule has 0 aliphatic carbocycles. The molecule has 408 valence electrons. The van der Waals surface area contributed by atoms with Gasteiger partial charge in [0.15, 0.2) is 5.92 Å². The number of non-ortho nitro benzene ring substituents is 1. The van der Waals surface area contributed by atoms with Gasteiger partial charge >= 0.3 is 24.0 Å². The number of benzene rings is 5. The molecule has 4 aliphatic heterocycles. The lowest BCUT2D eigenvalue weighted by Gasteiger charge is -2.46. The number of aromatic nitrogens is 2. The number of aliphatic hydroxyl groups is 1. The number of anilines is 2. The lowest BCUT2D eigenvalue weighted by atomic mass is 9.65. The molecule has 10 rings (SSSR count). The molecule has 3 fully saturated rings. The van der Waals surface area contributed by atoms with Gasteiger partial charge in [-0.15, -0.1) is 0 Å². The van der Waals surface area contributed by atoms with E-state index in [1.807, 2.05) is 70.5 Å². The van der Waals surface area contributed by atoms with Gasteiger partial charge in [0, 0.05) is 62.7 Å². The van der Waals surface area contributed by atoms with Gasteiger partial charge in [0.2, 0.25) is 17.8 Å². The summed E-state index contributed by atoms with van der Waals surface area (Å²) in [4.78, 5) is 116. The zero-order valence-electron chi connectivity index (χ0n) is 43.4. The number of imide groups is 1. The van der Waals surface area contributed by atoms with Crippen molar-refractivity contribution < 1.29 is 62.5 Å². The van der Waals surface area contributed by atoms with E-state index < -0.39 is 88.8 Å². The number of piperazine rings is 1. The molecule has 0 unspecified atom stereocenters. The van der Waals surface area contributed by atoms with E-state index in [1.165, 1.54) is 36.4 Å². The van der Waals surface area contributed by atoms with Crippen LogP contribution in [0.3, 0.4) is 0 Å². The number of methoxy groups -OCH3 is 2. The van der Waals surface area contributed by atoms with Crippen molar-refractivity contribution >= 4 is 53.1 Å². The number of carbonyl (C=O) groups excluding carboxylic acids is 6. The number of nitro benzene ring substituents is 1. The van der Waals surface area contributed by atoms with Crippen LogP contribution in [0.2, 0.25) is 0 Å². The highest BCUT2D eigenvalue weighted by atomic mass is 16.6. The highest BCUT2D eigenvalue weighted by molar-refractivity contribution is 6.23. The molecule has 6 aromatic rings. The molecule has 0 radical (unpaired) electrons. The van der Waals surface area contributed by atoms with Gasteiger partial charge in [-0.25, -0.2) is 19.7 Å². The van der Waals surface area contributed by atoms with Gasteiger partial charge in [-0.05, 0) is 76.3 Å². The summed E-state index contributed by atoms with van der Waals surface area (Å²) in [6.45, 7) is 0.0287. The molecule has 21 nitrogen and oxygen atoms in total. The average molecular weight is 1080 g/mol. The van der Waals surface area contributed by atoms with Gasteiger partial charge in [0.1, 0.15) is 36.5 Å². The molecular weight excluding hydrogens is 1030 g/mol. The molecule has 3 amide bonds. The number of carbonyl (C=O) groups is 6.